The molecule has 0 amide bonds. The number of rotatable bonds is 2. The number of nitrogens with two attached hydrogens (primary N) is 1. The molecular formula is C10H9FN2O. The Morgan fingerprint density at radius 2 is 2.29 bits per heavy atom. The van der Waals surface area contributed by atoms with Gasteiger partial charge in [0.05, 0.1) is 0 Å². The van der Waals surface area contributed by atoms with Crippen LogP contribution < -0.4 is 5.73 Å². The van der Waals surface area contributed by atoms with Crippen LogP contribution in [0.3, 0.4) is 0 Å². The van der Waals surface area contributed by atoms with Crippen LogP contribution >= 0.6 is 0 Å². The van der Waals surface area contributed by atoms with Crippen LogP contribution in [0.25, 0.3) is 11.3 Å². The summed E-state index contributed by atoms with van der Waals surface area (Å²) in [5.74, 6) is -0.292. The molecule has 1 heterocycles. The van der Waals surface area contributed by atoms with E-state index in [2.05, 4.69) is 4.98 Å². The van der Waals surface area contributed by atoms with Crippen LogP contribution in [0, 0.1) is 5.82 Å². The number of halogens is 1. The molecule has 0 fully saturated rings. The van der Waals surface area contributed by atoms with E-state index < -0.39 is 0 Å². The van der Waals surface area contributed by atoms with Crippen molar-refractivity contribution in [2.75, 3.05) is 0 Å². The maximum Gasteiger partial charge on any atom is 0.181 e. The van der Waals surface area contributed by atoms with Gasteiger partial charge in [0.15, 0.2) is 6.39 Å². The first-order chi connectivity index (χ1) is 6.81. The van der Waals surface area contributed by atoms with Gasteiger partial charge in [-0.05, 0) is 18.2 Å². The average molecular weight is 192 g/mol. The van der Waals surface area contributed by atoms with E-state index in [0.717, 1.165) is 5.56 Å². The van der Waals surface area contributed by atoms with Gasteiger partial charge in [0.2, 0.25) is 0 Å². The first kappa shape index (κ1) is 8.90. The summed E-state index contributed by atoms with van der Waals surface area (Å²) in [5, 5.41) is 0. The van der Waals surface area contributed by atoms with Crippen molar-refractivity contribution in [1.82, 2.24) is 4.98 Å². The van der Waals surface area contributed by atoms with Gasteiger partial charge in [0.25, 0.3) is 0 Å². The lowest BCUT2D eigenvalue weighted by Gasteiger charge is -2.01. The Morgan fingerprint density at radius 1 is 1.43 bits per heavy atom. The highest BCUT2D eigenvalue weighted by Gasteiger charge is 2.05. The fourth-order valence-electron chi connectivity index (χ4n) is 1.25. The summed E-state index contributed by atoms with van der Waals surface area (Å²) < 4.78 is 17.9. The number of hydrogen-bond donors (Lipinski definition) is 1. The van der Waals surface area contributed by atoms with Gasteiger partial charge in [-0.3, -0.25) is 0 Å². The van der Waals surface area contributed by atoms with E-state index in [9.17, 15) is 4.39 Å². The zero-order valence-corrected chi connectivity index (χ0v) is 7.40. The molecule has 4 heteroatoms. The third kappa shape index (κ3) is 1.52. The van der Waals surface area contributed by atoms with Crippen LogP contribution in [0.15, 0.2) is 35.3 Å². The summed E-state index contributed by atoms with van der Waals surface area (Å²) in [6, 6.07) is 4.70. The highest BCUT2D eigenvalue weighted by atomic mass is 19.1. The van der Waals surface area contributed by atoms with Crippen molar-refractivity contribution in [1.29, 1.82) is 0 Å². The molecule has 0 aliphatic rings. The minimum absolute atomic E-state index is 0.178. The van der Waals surface area contributed by atoms with Crippen molar-refractivity contribution < 1.29 is 8.81 Å². The van der Waals surface area contributed by atoms with E-state index in [0.29, 0.717) is 11.3 Å². The topological polar surface area (TPSA) is 52.0 Å². The Morgan fingerprint density at radius 3 is 2.93 bits per heavy atom. The molecule has 0 saturated heterocycles. The summed E-state index contributed by atoms with van der Waals surface area (Å²) >= 11 is 0. The average Bonchev–Trinajstić information content (AvgIpc) is 2.71. The number of hydrogen-bond acceptors (Lipinski definition) is 3. The van der Waals surface area contributed by atoms with Crippen molar-refractivity contribution in [3.8, 4) is 11.3 Å². The van der Waals surface area contributed by atoms with Crippen LogP contribution in [-0.4, -0.2) is 4.98 Å². The molecule has 2 rings (SSSR count). The second-order valence-corrected chi connectivity index (χ2v) is 2.88. The zero-order valence-electron chi connectivity index (χ0n) is 7.40. The standard InChI is InChI=1S/C10H9FN2O/c11-9-2-1-7(3-8(9)4-12)10-5-14-6-13-10/h1-3,5-6H,4,12H2. The van der Waals surface area contributed by atoms with Gasteiger partial charge in [0.1, 0.15) is 17.8 Å². The zero-order chi connectivity index (χ0) is 9.97. The number of nitrogens with zero attached hydrogens (tertiary/aromatic N) is 1. The molecule has 14 heavy (non-hydrogen) atoms. The normalized spacial score (nSPS) is 10.4. The van der Waals surface area contributed by atoms with Crippen molar-refractivity contribution in [2.45, 2.75) is 6.54 Å². The molecule has 0 atom stereocenters. The lowest BCUT2D eigenvalue weighted by atomic mass is 10.1. The molecule has 3 nitrogen and oxygen atoms in total. The van der Waals surface area contributed by atoms with Gasteiger partial charge in [-0.1, -0.05) is 0 Å². The molecule has 1 aromatic carbocycles. The number of oxazole rings is 1. The Balaban J connectivity index is 2.46. The smallest absolute Gasteiger partial charge is 0.181 e. The molecule has 1 aromatic heterocycles. The minimum Gasteiger partial charge on any atom is -0.451 e. The first-order valence-corrected chi connectivity index (χ1v) is 4.18. The quantitative estimate of drug-likeness (QED) is 0.791. The first-order valence-electron chi connectivity index (χ1n) is 4.18. The fourth-order valence-corrected chi connectivity index (χ4v) is 1.25. The molecule has 0 unspecified atom stereocenters. The van der Waals surface area contributed by atoms with E-state index in [-0.39, 0.29) is 12.4 Å². The van der Waals surface area contributed by atoms with E-state index in [4.69, 9.17) is 10.2 Å². The monoisotopic (exact) mass is 192 g/mol. The maximum atomic E-state index is 13.1. The van der Waals surface area contributed by atoms with Crippen LogP contribution in [0.2, 0.25) is 0 Å². The van der Waals surface area contributed by atoms with E-state index in [1.165, 1.54) is 18.7 Å². The Hall–Kier alpha value is -1.68. The molecule has 0 aliphatic heterocycles. The van der Waals surface area contributed by atoms with Crippen molar-refractivity contribution in [3.05, 3.63) is 42.2 Å². The lowest BCUT2D eigenvalue weighted by molar-refractivity contribution is 0.558. The van der Waals surface area contributed by atoms with Gasteiger partial charge in [0, 0.05) is 17.7 Å². The van der Waals surface area contributed by atoms with Gasteiger partial charge in [-0.2, -0.15) is 0 Å². The molecule has 2 N–H and O–H groups in total. The maximum absolute atomic E-state index is 13.1. The van der Waals surface area contributed by atoms with Gasteiger partial charge in [-0.25, -0.2) is 9.37 Å². The summed E-state index contributed by atoms with van der Waals surface area (Å²) in [6.45, 7) is 0.178. The minimum atomic E-state index is -0.292. The fraction of sp³-hybridized carbons (Fsp3) is 0.100. The van der Waals surface area contributed by atoms with Gasteiger partial charge in [-0.15, -0.1) is 0 Å². The predicted octanol–water partition coefficient (Wildman–Crippen LogP) is 1.94. The molecular weight excluding hydrogens is 183 g/mol. The predicted molar refractivity (Wildman–Crippen MR) is 49.8 cm³/mol. The second-order valence-electron chi connectivity index (χ2n) is 2.88. The number of benzene rings is 1. The van der Waals surface area contributed by atoms with E-state index in [1.54, 1.807) is 12.1 Å². The van der Waals surface area contributed by atoms with E-state index >= 15 is 0 Å². The lowest BCUT2D eigenvalue weighted by Crippen LogP contribution is -1.99. The van der Waals surface area contributed by atoms with Crippen LogP contribution in [-0.2, 0) is 6.54 Å². The molecule has 0 aliphatic carbocycles. The summed E-state index contributed by atoms with van der Waals surface area (Å²) in [7, 11) is 0. The van der Waals surface area contributed by atoms with E-state index in [1.807, 2.05) is 0 Å². The third-order valence-corrected chi connectivity index (χ3v) is 1.99. The van der Waals surface area contributed by atoms with Crippen LogP contribution in [0.4, 0.5) is 4.39 Å². The van der Waals surface area contributed by atoms with Crippen LogP contribution in [0.1, 0.15) is 5.56 Å². The second kappa shape index (κ2) is 3.59. The molecule has 72 valence electrons. The Bertz CT molecular complexity index is 426. The summed E-state index contributed by atoms with van der Waals surface area (Å²) in [6.07, 6.45) is 2.84. The largest absolute Gasteiger partial charge is 0.451 e. The van der Waals surface area contributed by atoms with Crippen molar-refractivity contribution >= 4 is 0 Å². The third-order valence-electron chi connectivity index (χ3n) is 1.99. The van der Waals surface area contributed by atoms with Gasteiger partial charge < -0.3 is 10.2 Å². The summed E-state index contributed by atoms with van der Waals surface area (Å²) in [4.78, 5) is 3.96. The molecule has 0 bridgehead atoms. The number of aromatic nitrogens is 1. The Labute approximate surface area is 80.4 Å². The van der Waals surface area contributed by atoms with Crippen LogP contribution in [0.5, 0.6) is 0 Å². The highest BCUT2D eigenvalue weighted by molar-refractivity contribution is 5.58. The molecule has 0 saturated carbocycles. The highest BCUT2D eigenvalue weighted by Crippen LogP contribution is 2.19. The molecule has 0 spiro atoms. The Kier molecular flexibility index (Phi) is 2.28. The summed E-state index contributed by atoms with van der Waals surface area (Å²) in [5.41, 5.74) is 7.35. The van der Waals surface area contributed by atoms with Crippen molar-refractivity contribution in [2.24, 2.45) is 5.73 Å². The SMILES string of the molecule is NCc1cc(-c2cocn2)ccc1F. The molecule has 0 radical (unpaired) electrons. The molecule has 2 aromatic rings. The van der Waals surface area contributed by atoms with Crippen molar-refractivity contribution in [3.63, 3.8) is 0 Å². The van der Waals surface area contributed by atoms with Gasteiger partial charge >= 0.3 is 0 Å².